The number of carbonyl (C=O) groups is 1. The van der Waals surface area contributed by atoms with E-state index >= 15 is 0 Å². The molecule has 1 aliphatic heterocycles. The molecule has 3 N–H and O–H groups in total. The van der Waals surface area contributed by atoms with E-state index in [4.69, 9.17) is 19.0 Å². The standard InChI is InChI=1S/C28H27N3O7S/c29-39(34,35)22-11-9-20(10-12-22)26-25(19-5-2-1-3-6-19)31-27(38-26)23(32)18-37-17-21-7-4-8-24(30-21)28(33)13-15-36-16-14-28/h1-12,33H,13-18H2,(H2,29,34,35). The van der Waals surface area contributed by atoms with Crippen LogP contribution in [0.3, 0.4) is 0 Å². The van der Waals surface area contributed by atoms with Crippen LogP contribution in [-0.2, 0) is 31.7 Å². The van der Waals surface area contributed by atoms with Gasteiger partial charge in [0.25, 0.3) is 5.89 Å². The van der Waals surface area contributed by atoms with E-state index in [0.29, 0.717) is 54.5 Å². The molecular weight excluding hydrogens is 522 g/mol. The number of ketones is 1. The number of ether oxygens (including phenoxy) is 2. The van der Waals surface area contributed by atoms with Gasteiger partial charge in [0.05, 0.1) is 22.9 Å². The van der Waals surface area contributed by atoms with Crippen molar-refractivity contribution in [2.24, 2.45) is 5.14 Å². The van der Waals surface area contributed by atoms with Gasteiger partial charge < -0.3 is 19.0 Å². The zero-order chi connectivity index (χ0) is 27.5. The number of sulfonamides is 1. The molecule has 3 heterocycles. The number of rotatable bonds is 9. The third-order valence-electron chi connectivity index (χ3n) is 6.44. The van der Waals surface area contributed by atoms with E-state index in [1.54, 1.807) is 30.3 Å². The Morgan fingerprint density at radius 1 is 0.949 bits per heavy atom. The average Bonchev–Trinajstić information content (AvgIpc) is 3.40. The highest BCUT2D eigenvalue weighted by Crippen LogP contribution is 2.33. The van der Waals surface area contributed by atoms with E-state index in [1.807, 2.05) is 30.3 Å². The number of carbonyl (C=O) groups excluding carboxylic acids is 1. The van der Waals surface area contributed by atoms with Gasteiger partial charge in [0.15, 0.2) is 5.76 Å². The lowest BCUT2D eigenvalue weighted by molar-refractivity contribution is -0.0707. The van der Waals surface area contributed by atoms with E-state index in [9.17, 15) is 18.3 Å². The van der Waals surface area contributed by atoms with Crippen molar-refractivity contribution < 1.29 is 32.2 Å². The molecule has 4 aromatic rings. The summed E-state index contributed by atoms with van der Waals surface area (Å²) in [6.45, 7) is 0.683. The normalized spacial score (nSPS) is 15.2. The van der Waals surface area contributed by atoms with E-state index in [0.717, 1.165) is 5.56 Å². The van der Waals surface area contributed by atoms with E-state index in [2.05, 4.69) is 9.97 Å². The van der Waals surface area contributed by atoms with Crippen LogP contribution in [-0.4, -0.2) is 49.1 Å². The molecule has 5 rings (SSSR count). The van der Waals surface area contributed by atoms with Crippen LogP contribution in [0.4, 0.5) is 0 Å². The minimum absolute atomic E-state index is 0.0432. The van der Waals surface area contributed by atoms with Gasteiger partial charge in [-0.2, -0.15) is 0 Å². The molecule has 1 aliphatic rings. The zero-order valence-corrected chi connectivity index (χ0v) is 21.8. The SMILES string of the molecule is NS(=O)(=O)c1ccc(-c2oc(C(=O)COCc3cccc(C4(O)CCOCC4)n3)nc2-c2ccccc2)cc1. The van der Waals surface area contributed by atoms with Crippen molar-refractivity contribution in [1.82, 2.24) is 9.97 Å². The highest BCUT2D eigenvalue weighted by molar-refractivity contribution is 7.89. The number of benzene rings is 2. The Kier molecular flexibility index (Phi) is 7.69. The number of nitrogens with two attached hydrogens (primary N) is 1. The van der Waals surface area contributed by atoms with Gasteiger partial charge in [0, 0.05) is 37.2 Å². The smallest absolute Gasteiger partial charge is 0.266 e. The van der Waals surface area contributed by atoms with Gasteiger partial charge in [-0.1, -0.05) is 36.4 Å². The number of primary sulfonamides is 1. The van der Waals surface area contributed by atoms with Crippen molar-refractivity contribution in [3.8, 4) is 22.6 Å². The van der Waals surface area contributed by atoms with E-state index in [1.165, 1.54) is 12.1 Å². The first kappa shape index (κ1) is 26.9. The number of nitrogens with zero attached hydrogens (tertiary/aromatic N) is 2. The highest BCUT2D eigenvalue weighted by Gasteiger charge is 2.33. The fraction of sp³-hybridized carbons (Fsp3) is 0.250. The van der Waals surface area contributed by atoms with Crippen molar-refractivity contribution in [3.05, 3.63) is 90.1 Å². The molecular formula is C28H27N3O7S. The van der Waals surface area contributed by atoms with Crippen molar-refractivity contribution >= 4 is 15.8 Å². The van der Waals surface area contributed by atoms with Crippen LogP contribution >= 0.6 is 0 Å². The van der Waals surface area contributed by atoms with Crippen LogP contribution < -0.4 is 5.14 Å². The second kappa shape index (κ2) is 11.2. The number of hydrogen-bond donors (Lipinski definition) is 2. The number of hydrogen-bond acceptors (Lipinski definition) is 9. The first-order valence-corrected chi connectivity index (χ1v) is 13.8. The highest BCUT2D eigenvalue weighted by atomic mass is 32.2. The number of pyridine rings is 1. The number of aliphatic hydroxyl groups is 1. The van der Waals surface area contributed by atoms with Gasteiger partial charge in [-0.3, -0.25) is 9.78 Å². The summed E-state index contributed by atoms with van der Waals surface area (Å²) in [5.41, 5.74) is 1.77. The minimum atomic E-state index is -3.86. The van der Waals surface area contributed by atoms with E-state index in [-0.39, 0.29) is 24.0 Å². The monoisotopic (exact) mass is 549 g/mol. The number of Topliss-reactive ketones (excluding diaryl/α,β-unsaturated/α-hetero) is 1. The largest absolute Gasteiger partial charge is 0.433 e. The maximum Gasteiger partial charge on any atom is 0.266 e. The Bertz CT molecular complexity index is 1560. The van der Waals surface area contributed by atoms with Crippen molar-refractivity contribution in [1.29, 1.82) is 0 Å². The Morgan fingerprint density at radius 3 is 2.36 bits per heavy atom. The molecule has 1 fully saturated rings. The fourth-order valence-corrected chi connectivity index (χ4v) is 4.83. The zero-order valence-electron chi connectivity index (χ0n) is 20.9. The summed E-state index contributed by atoms with van der Waals surface area (Å²) >= 11 is 0. The third kappa shape index (κ3) is 6.13. The molecule has 0 atom stereocenters. The summed E-state index contributed by atoms with van der Waals surface area (Å²) in [6, 6.07) is 20.3. The molecule has 39 heavy (non-hydrogen) atoms. The molecule has 0 bridgehead atoms. The number of oxazole rings is 1. The molecule has 1 saturated heterocycles. The molecule has 2 aromatic heterocycles. The van der Waals surface area contributed by atoms with Crippen LogP contribution in [0.15, 0.2) is 82.1 Å². The van der Waals surface area contributed by atoms with Gasteiger partial charge in [0.1, 0.15) is 17.9 Å². The lowest BCUT2D eigenvalue weighted by Crippen LogP contribution is -2.34. The van der Waals surface area contributed by atoms with Crippen LogP contribution in [0.1, 0.15) is 34.9 Å². The van der Waals surface area contributed by atoms with E-state index < -0.39 is 21.4 Å². The molecule has 0 amide bonds. The molecule has 202 valence electrons. The fourth-order valence-electron chi connectivity index (χ4n) is 4.32. The summed E-state index contributed by atoms with van der Waals surface area (Å²) < 4.78 is 40.1. The molecule has 0 spiro atoms. The Morgan fingerprint density at radius 2 is 1.67 bits per heavy atom. The molecule has 10 nitrogen and oxygen atoms in total. The van der Waals surface area contributed by atoms with Crippen molar-refractivity contribution in [2.45, 2.75) is 29.9 Å². The Hall–Kier alpha value is -3.74. The maximum absolute atomic E-state index is 13.0. The first-order valence-electron chi connectivity index (χ1n) is 12.3. The summed E-state index contributed by atoms with van der Waals surface area (Å²) in [6.07, 6.45) is 0.924. The lowest BCUT2D eigenvalue weighted by atomic mass is 9.90. The molecule has 2 aromatic carbocycles. The summed E-state index contributed by atoms with van der Waals surface area (Å²) in [5, 5.41) is 16.1. The van der Waals surface area contributed by atoms with Crippen LogP contribution in [0.5, 0.6) is 0 Å². The molecule has 0 aliphatic carbocycles. The van der Waals surface area contributed by atoms with Gasteiger partial charge >= 0.3 is 0 Å². The molecule has 11 heteroatoms. The lowest BCUT2D eigenvalue weighted by Gasteiger charge is -2.31. The second-order valence-electron chi connectivity index (χ2n) is 9.21. The van der Waals surface area contributed by atoms with Crippen LogP contribution in [0, 0.1) is 0 Å². The first-order chi connectivity index (χ1) is 18.7. The predicted molar refractivity (Wildman–Crippen MR) is 141 cm³/mol. The summed E-state index contributed by atoms with van der Waals surface area (Å²) in [4.78, 5) is 21.9. The number of aromatic nitrogens is 2. The quantitative estimate of drug-likeness (QED) is 0.299. The third-order valence-corrected chi connectivity index (χ3v) is 7.37. The Labute approximate surface area is 225 Å². The van der Waals surface area contributed by atoms with Crippen LogP contribution in [0.25, 0.3) is 22.6 Å². The van der Waals surface area contributed by atoms with Crippen molar-refractivity contribution in [3.63, 3.8) is 0 Å². The summed E-state index contributed by atoms with van der Waals surface area (Å²) in [5.74, 6) is -0.305. The minimum Gasteiger partial charge on any atom is -0.433 e. The Balaban J connectivity index is 1.33. The van der Waals surface area contributed by atoms with Gasteiger partial charge in [-0.15, -0.1) is 0 Å². The van der Waals surface area contributed by atoms with Gasteiger partial charge in [-0.05, 0) is 36.4 Å². The average molecular weight is 550 g/mol. The molecule has 0 saturated carbocycles. The van der Waals surface area contributed by atoms with Crippen molar-refractivity contribution in [2.75, 3.05) is 19.8 Å². The molecule has 0 radical (unpaired) electrons. The summed E-state index contributed by atoms with van der Waals surface area (Å²) in [7, 11) is -3.86. The van der Waals surface area contributed by atoms with Crippen LogP contribution in [0.2, 0.25) is 0 Å². The predicted octanol–water partition coefficient (Wildman–Crippen LogP) is 3.45. The second-order valence-corrected chi connectivity index (χ2v) is 10.8. The maximum atomic E-state index is 13.0. The molecule has 0 unspecified atom stereocenters. The van der Waals surface area contributed by atoms with Gasteiger partial charge in [0.2, 0.25) is 15.8 Å². The van der Waals surface area contributed by atoms with Gasteiger partial charge in [-0.25, -0.2) is 18.5 Å². The topological polar surface area (TPSA) is 155 Å².